The summed E-state index contributed by atoms with van der Waals surface area (Å²) in [5.74, 6) is 0.362. The number of rotatable bonds is 7. The Kier molecular flexibility index (Phi) is 4.86. The van der Waals surface area contributed by atoms with Crippen LogP contribution in [0.25, 0.3) is 0 Å². The fraction of sp³-hybridized carbons (Fsp3) is 0.143. The summed E-state index contributed by atoms with van der Waals surface area (Å²) in [5.41, 5.74) is 0.565. The van der Waals surface area contributed by atoms with Gasteiger partial charge in [-0.2, -0.15) is 9.97 Å². The molecule has 0 fully saturated rings. The van der Waals surface area contributed by atoms with Crippen LogP contribution in [-0.2, 0) is 0 Å². The van der Waals surface area contributed by atoms with Crippen LogP contribution < -0.4 is 19.2 Å². The van der Waals surface area contributed by atoms with E-state index >= 15 is 0 Å². The number of methoxy groups -OCH3 is 2. The summed E-state index contributed by atoms with van der Waals surface area (Å²) < 4.78 is 9.89. The monoisotopic (exact) mass is 304 g/mol. The van der Waals surface area contributed by atoms with E-state index in [4.69, 9.17) is 19.2 Å². The van der Waals surface area contributed by atoms with Crippen molar-refractivity contribution >= 4 is 12.6 Å². The maximum atomic E-state index is 10.8. The number of nitrogens with zero attached hydrogens (tertiary/aromatic N) is 2. The fourth-order valence-electron chi connectivity index (χ4n) is 1.55. The SMILES string of the molecule is COc1nc(OOc2ccc(C=O)c(OC)n2)ccc1C=O. The number of hydrogen-bond donors (Lipinski definition) is 0. The highest BCUT2D eigenvalue weighted by Crippen LogP contribution is 2.21. The van der Waals surface area contributed by atoms with Crippen molar-refractivity contribution in [1.82, 2.24) is 9.97 Å². The maximum absolute atomic E-state index is 10.8. The van der Waals surface area contributed by atoms with Crippen LogP contribution in [0.4, 0.5) is 0 Å². The van der Waals surface area contributed by atoms with Gasteiger partial charge in [0.15, 0.2) is 12.6 Å². The molecule has 0 atom stereocenters. The highest BCUT2D eigenvalue weighted by Gasteiger charge is 2.10. The number of hydrogen-bond acceptors (Lipinski definition) is 8. The summed E-state index contributed by atoms with van der Waals surface area (Å²) in [6, 6.07) is 5.81. The van der Waals surface area contributed by atoms with Crippen LogP contribution in [0, 0.1) is 0 Å². The lowest BCUT2D eigenvalue weighted by atomic mass is 10.3. The zero-order valence-corrected chi connectivity index (χ0v) is 11.8. The number of carbonyl (C=O) groups excluding carboxylic acids is 2. The van der Waals surface area contributed by atoms with Gasteiger partial charge in [0.2, 0.25) is 11.8 Å². The third-order valence-electron chi connectivity index (χ3n) is 2.58. The second kappa shape index (κ2) is 7.02. The normalized spacial score (nSPS) is 9.73. The number of ether oxygens (including phenoxy) is 2. The molecular weight excluding hydrogens is 292 g/mol. The molecule has 8 heteroatoms. The van der Waals surface area contributed by atoms with E-state index in [0.29, 0.717) is 12.6 Å². The minimum atomic E-state index is 0.0719. The van der Waals surface area contributed by atoms with Crippen molar-refractivity contribution in [3.8, 4) is 23.5 Å². The maximum Gasteiger partial charge on any atom is 0.273 e. The first-order chi connectivity index (χ1) is 10.7. The predicted octanol–water partition coefficient (Wildman–Crippen LogP) is 1.49. The van der Waals surface area contributed by atoms with E-state index in [1.807, 2.05) is 0 Å². The second-order valence-electron chi connectivity index (χ2n) is 3.90. The molecule has 0 unspecified atom stereocenters. The second-order valence-corrected chi connectivity index (χ2v) is 3.90. The van der Waals surface area contributed by atoms with Gasteiger partial charge < -0.3 is 9.47 Å². The Morgan fingerprint density at radius 2 is 1.18 bits per heavy atom. The largest absolute Gasteiger partial charge is 0.480 e. The molecule has 0 aliphatic rings. The van der Waals surface area contributed by atoms with Crippen molar-refractivity contribution in [2.75, 3.05) is 14.2 Å². The number of aromatic nitrogens is 2. The molecule has 0 aromatic carbocycles. The van der Waals surface area contributed by atoms with Gasteiger partial charge >= 0.3 is 0 Å². The molecule has 0 bridgehead atoms. The first kappa shape index (κ1) is 15.2. The zero-order chi connectivity index (χ0) is 15.9. The molecule has 2 aromatic heterocycles. The van der Waals surface area contributed by atoms with E-state index in [1.54, 1.807) is 0 Å². The Morgan fingerprint density at radius 3 is 1.50 bits per heavy atom. The summed E-state index contributed by atoms with van der Waals surface area (Å²) >= 11 is 0. The van der Waals surface area contributed by atoms with Gasteiger partial charge in [0, 0.05) is 12.1 Å². The van der Waals surface area contributed by atoms with E-state index < -0.39 is 0 Å². The molecule has 22 heavy (non-hydrogen) atoms. The summed E-state index contributed by atoms with van der Waals surface area (Å²) in [4.78, 5) is 39.4. The molecule has 0 radical (unpaired) electrons. The van der Waals surface area contributed by atoms with Gasteiger partial charge in [-0.3, -0.25) is 19.4 Å². The number of carbonyl (C=O) groups is 2. The molecule has 2 rings (SSSR count). The lowest BCUT2D eigenvalue weighted by Crippen LogP contribution is -2.06. The summed E-state index contributed by atoms with van der Waals surface area (Å²) in [6.07, 6.45) is 1.22. The molecule has 0 aliphatic carbocycles. The van der Waals surface area contributed by atoms with Crippen LogP contribution in [-0.4, -0.2) is 36.8 Å². The third kappa shape index (κ3) is 3.29. The molecule has 0 saturated carbocycles. The van der Waals surface area contributed by atoms with Gasteiger partial charge in [0.1, 0.15) is 0 Å². The Morgan fingerprint density at radius 1 is 0.773 bits per heavy atom. The lowest BCUT2D eigenvalue weighted by Gasteiger charge is -2.08. The van der Waals surface area contributed by atoms with Crippen molar-refractivity contribution in [3.63, 3.8) is 0 Å². The van der Waals surface area contributed by atoms with Gasteiger partial charge in [-0.15, -0.1) is 0 Å². The standard InChI is InChI=1S/C14H12N2O6/c1-19-13-9(7-17)3-5-11(15-13)21-22-12-6-4-10(8-18)14(16-12)20-2/h3-8H,1-2H3. The Hall–Kier alpha value is -3.16. The first-order valence-corrected chi connectivity index (χ1v) is 6.06. The van der Waals surface area contributed by atoms with Crippen LogP contribution in [0.2, 0.25) is 0 Å². The summed E-state index contributed by atoms with van der Waals surface area (Å²) in [7, 11) is 2.76. The van der Waals surface area contributed by atoms with Crippen LogP contribution in [0.3, 0.4) is 0 Å². The minimum Gasteiger partial charge on any atom is -0.480 e. The van der Waals surface area contributed by atoms with Crippen molar-refractivity contribution in [2.45, 2.75) is 0 Å². The number of aldehydes is 2. The van der Waals surface area contributed by atoms with Gasteiger partial charge in [0.05, 0.1) is 25.3 Å². The average Bonchev–Trinajstić information content (AvgIpc) is 2.59. The van der Waals surface area contributed by atoms with E-state index in [9.17, 15) is 9.59 Å². The number of pyridine rings is 2. The molecule has 2 aromatic rings. The predicted molar refractivity (Wildman–Crippen MR) is 73.6 cm³/mol. The molecule has 0 N–H and O–H groups in total. The smallest absolute Gasteiger partial charge is 0.273 e. The van der Waals surface area contributed by atoms with Gasteiger partial charge in [-0.05, 0) is 12.1 Å². The van der Waals surface area contributed by atoms with Gasteiger partial charge in [0.25, 0.3) is 11.8 Å². The minimum absolute atomic E-state index is 0.0719. The van der Waals surface area contributed by atoms with E-state index in [2.05, 4.69) is 9.97 Å². The lowest BCUT2D eigenvalue weighted by molar-refractivity contribution is -0.109. The van der Waals surface area contributed by atoms with Crippen molar-refractivity contribution < 1.29 is 28.8 Å². The van der Waals surface area contributed by atoms with E-state index in [-0.39, 0.29) is 34.6 Å². The Bertz CT molecular complexity index is 630. The van der Waals surface area contributed by atoms with Gasteiger partial charge in [-0.1, -0.05) is 0 Å². The fourth-order valence-corrected chi connectivity index (χ4v) is 1.55. The van der Waals surface area contributed by atoms with E-state index in [0.717, 1.165) is 0 Å². The van der Waals surface area contributed by atoms with Crippen molar-refractivity contribution in [2.24, 2.45) is 0 Å². The molecule has 0 aliphatic heterocycles. The van der Waals surface area contributed by atoms with Crippen LogP contribution in [0.1, 0.15) is 20.7 Å². The van der Waals surface area contributed by atoms with Crippen molar-refractivity contribution in [1.29, 1.82) is 0 Å². The topological polar surface area (TPSA) is 96.8 Å². The molecule has 8 nitrogen and oxygen atoms in total. The Labute approximate surface area is 125 Å². The molecule has 0 spiro atoms. The summed E-state index contributed by atoms with van der Waals surface area (Å²) in [5, 5.41) is 0. The highest BCUT2D eigenvalue weighted by atomic mass is 17.2. The molecule has 2 heterocycles. The van der Waals surface area contributed by atoms with Crippen LogP contribution in [0.15, 0.2) is 24.3 Å². The Balaban J connectivity index is 2.13. The van der Waals surface area contributed by atoms with Crippen molar-refractivity contribution in [3.05, 3.63) is 35.4 Å². The summed E-state index contributed by atoms with van der Waals surface area (Å²) in [6.45, 7) is 0. The van der Waals surface area contributed by atoms with Crippen LogP contribution in [0.5, 0.6) is 23.5 Å². The molecule has 0 saturated heterocycles. The van der Waals surface area contributed by atoms with E-state index in [1.165, 1.54) is 38.5 Å². The highest BCUT2D eigenvalue weighted by molar-refractivity contribution is 5.78. The van der Waals surface area contributed by atoms with Gasteiger partial charge in [-0.25, -0.2) is 0 Å². The third-order valence-corrected chi connectivity index (χ3v) is 2.58. The average molecular weight is 304 g/mol. The molecular formula is C14H12N2O6. The molecule has 0 amide bonds. The van der Waals surface area contributed by atoms with Crippen LogP contribution >= 0.6 is 0 Å². The zero-order valence-electron chi connectivity index (χ0n) is 11.8. The quantitative estimate of drug-likeness (QED) is 0.431. The molecule has 114 valence electrons. The first-order valence-electron chi connectivity index (χ1n) is 6.06.